The maximum absolute atomic E-state index is 12.9. The summed E-state index contributed by atoms with van der Waals surface area (Å²) < 4.78 is 22.8. The van der Waals surface area contributed by atoms with Gasteiger partial charge in [0.15, 0.2) is 6.10 Å². The summed E-state index contributed by atoms with van der Waals surface area (Å²) in [5.41, 5.74) is 0. The Morgan fingerprint density at radius 3 is 1.13 bits per heavy atom. The number of carbonyl (C=O) groups is 3. The van der Waals surface area contributed by atoms with Gasteiger partial charge < -0.3 is 28.5 Å². The van der Waals surface area contributed by atoms with Crippen molar-refractivity contribution in [2.75, 3.05) is 47.5 Å². The van der Waals surface area contributed by atoms with Crippen molar-refractivity contribution < 1.29 is 42.9 Å². The molecule has 0 saturated carbocycles. The monoisotopic (exact) mass is 1050 g/mol. The number of esters is 2. The van der Waals surface area contributed by atoms with Crippen LogP contribution in [0.3, 0.4) is 0 Å². The molecule has 0 aromatic heterocycles. The lowest BCUT2D eigenvalue weighted by Crippen LogP contribution is -2.40. The van der Waals surface area contributed by atoms with E-state index in [4.69, 9.17) is 18.9 Å². The van der Waals surface area contributed by atoms with Gasteiger partial charge in [0.05, 0.1) is 34.4 Å². The van der Waals surface area contributed by atoms with E-state index in [0.29, 0.717) is 17.4 Å². The third-order valence-electron chi connectivity index (χ3n) is 13.5. The molecule has 0 spiro atoms. The number of allylic oxidation sites excluding steroid dienone is 12. The summed E-state index contributed by atoms with van der Waals surface area (Å²) in [6.45, 7) is 4.77. The Kier molecular flexibility index (Phi) is 54.4. The minimum atomic E-state index is -1.51. The predicted octanol–water partition coefficient (Wildman–Crippen LogP) is 18.6. The lowest BCUT2D eigenvalue weighted by Gasteiger charge is -2.25. The van der Waals surface area contributed by atoms with E-state index in [9.17, 15) is 19.5 Å². The first-order valence-corrected chi connectivity index (χ1v) is 31.1. The normalized spacial score (nSPS) is 13.2. The highest BCUT2D eigenvalue weighted by Gasteiger charge is 2.25. The molecular formula is C66H118NO8+. The molecule has 2 unspecified atom stereocenters. The number of nitrogens with zero attached hydrogens (tertiary/aromatic N) is 1. The van der Waals surface area contributed by atoms with Crippen molar-refractivity contribution in [1.82, 2.24) is 0 Å². The molecule has 1 N–H and O–H groups in total. The van der Waals surface area contributed by atoms with Gasteiger partial charge in [-0.3, -0.25) is 9.59 Å². The standard InChI is InChI=1S/C66H117NO8/c1-6-8-10-12-14-16-18-19-20-21-22-23-24-25-26-27-28-29-30-31-32-33-34-35-36-37-38-39-40-41-42-43-44-45-47-49-51-53-55-57-64(69)75-62(61-74-66(65(70)71)72-59-58-67(3,4)5)60-73-63(68)56-54-52-50-48-46-17-15-13-11-9-7-2/h8,10,14,16,19-20,22-23,25-26,28-29,62,66H,6-7,9,11-13,15,17-18,21,24,27,30-61H2,1-5H3/p+1/b10-8-,16-14-,20-19-,23-22-,26-25-,29-28-. The van der Waals surface area contributed by atoms with Crippen LogP contribution in [-0.2, 0) is 33.3 Å². The first-order chi connectivity index (χ1) is 36.6. The van der Waals surface area contributed by atoms with Crippen molar-refractivity contribution in [1.29, 1.82) is 0 Å². The largest absolute Gasteiger partial charge is 0.477 e. The number of rotatable bonds is 57. The van der Waals surface area contributed by atoms with E-state index < -0.39 is 24.3 Å². The number of ether oxygens (including phenoxy) is 4. The molecule has 0 aromatic carbocycles. The Morgan fingerprint density at radius 1 is 0.413 bits per heavy atom. The summed E-state index contributed by atoms with van der Waals surface area (Å²) in [4.78, 5) is 37.3. The third-order valence-corrected chi connectivity index (χ3v) is 13.5. The highest BCUT2D eigenvalue weighted by molar-refractivity contribution is 5.71. The average molecular weight is 1050 g/mol. The molecule has 2 atom stereocenters. The van der Waals surface area contributed by atoms with Crippen molar-refractivity contribution in [2.45, 2.75) is 283 Å². The highest BCUT2D eigenvalue weighted by atomic mass is 16.7. The van der Waals surface area contributed by atoms with Crippen molar-refractivity contribution in [2.24, 2.45) is 0 Å². The maximum atomic E-state index is 12.9. The van der Waals surface area contributed by atoms with Crippen LogP contribution in [0.25, 0.3) is 0 Å². The molecule has 0 aromatic rings. The second-order valence-electron chi connectivity index (χ2n) is 22.0. The molecule has 0 aliphatic rings. The number of carboxylic acid groups (broad SMARTS) is 1. The Hall–Kier alpha value is -3.27. The zero-order valence-electron chi connectivity index (χ0n) is 49.4. The van der Waals surface area contributed by atoms with E-state index in [-0.39, 0.29) is 32.2 Å². The predicted molar refractivity (Wildman–Crippen MR) is 318 cm³/mol. The van der Waals surface area contributed by atoms with Gasteiger partial charge in [-0.05, 0) is 64.2 Å². The fourth-order valence-corrected chi connectivity index (χ4v) is 8.72. The van der Waals surface area contributed by atoms with Crippen LogP contribution in [0.2, 0.25) is 0 Å². The Morgan fingerprint density at radius 2 is 0.760 bits per heavy atom. The quantitative estimate of drug-likeness (QED) is 0.0211. The first-order valence-electron chi connectivity index (χ1n) is 31.1. The number of unbranched alkanes of at least 4 members (excludes halogenated alkanes) is 30. The van der Waals surface area contributed by atoms with E-state index in [2.05, 4.69) is 86.8 Å². The summed E-state index contributed by atoms with van der Waals surface area (Å²) in [6.07, 6.45) is 71.6. The molecule has 0 radical (unpaired) electrons. The fraction of sp³-hybridized carbons (Fsp3) is 0.773. The van der Waals surface area contributed by atoms with Gasteiger partial charge in [-0.2, -0.15) is 0 Å². The molecule has 0 amide bonds. The zero-order valence-corrected chi connectivity index (χ0v) is 49.4. The molecule has 0 aliphatic carbocycles. The molecule has 434 valence electrons. The van der Waals surface area contributed by atoms with Gasteiger partial charge >= 0.3 is 17.9 Å². The number of likely N-dealkylation sites (N-methyl/N-ethyl adjacent to an activating group) is 1. The lowest BCUT2D eigenvalue weighted by molar-refractivity contribution is -0.870. The molecule has 0 aliphatic heterocycles. The van der Waals surface area contributed by atoms with Crippen LogP contribution in [0.5, 0.6) is 0 Å². The summed E-state index contributed by atoms with van der Waals surface area (Å²) in [5.74, 6) is -1.99. The molecule has 0 bridgehead atoms. The Balaban J connectivity index is 3.95. The van der Waals surface area contributed by atoms with Crippen LogP contribution in [0.4, 0.5) is 0 Å². The fourth-order valence-electron chi connectivity index (χ4n) is 8.72. The van der Waals surface area contributed by atoms with E-state index in [0.717, 1.165) is 77.0 Å². The number of aliphatic carboxylic acids is 1. The molecule has 0 fully saturated rings. The smallest absolute Gasteiger partial charge is 0.361 e. The van der Waals surface area contributed by atoms with Crippen molar-refractivity contribution in [3.8, 4) is 0 Å². The number of carbonyl (C=O) groups excluding carboxylic acids is 2. The summed E-state index contributed by atoms with van der Waals surface area (Å²) in [7, 11) is 5.97. The van der Waals surface area contributed by atoms with Crippen molar-refractivity contribution in [3.63, 3.8) is 0 Å². The van der Waals surface area contributed by atoms with E-state index in [1.54, 1.807) is 0 Å². The van der Waals surface area contributed by atoms with Crippen LogP contribution in [0.1, 0.15) is 271 Å². The van der Waals surface area contributed by atoms with Crippen LogP contribution in [0.15, 0.2) is 72.9 Å². The first kappa shape index (κ1) is 71.7. The van der Waals surface area contributed by atoms with Crippen LogP contribution < -0.4 is 0 Å². The van der Waals surface area contributed by atoms with Gasteiger partial charge in [-0.25, -0.2) is 4.79 Å². The number of hydrogen-bond donors (Lipinski definition) is 1. The van der Waals surface area contributed by atoms with Gasteiger partial charge in [0.1, 0.15) is 13.2 Å². The molecule has 0 heterocycles. The van der Waals surface area contributed by atoms with Gasteiger partial charge in [-0.1, -0.05) is 267 Å². The third kappa shape index (κ3) is 58.3. The van der Waals surface area contributed by atoms with E-state index in [1.807, 2.05) is 21.1 Å². The number of carboxylic acids is 1. The second-order valence-corrected chi connectivity index (χ2v) is 22.0. The van der Waals surface area contributed by atoms with Gasteiger partial charge in [0.25, 0.3) is 6.29 Å². The zero-order chi connectivity index (χ0) is 54.8. The summed E-state index contributed by atoms with van der Waals surface area (Å²) in [5, 5.41) is 9.68. The summed E-state index contributed by atoms with van der Waals surface area (Å²) in [6, 6.07) is 0. The van der Waals surface area contributed by atoms with Gasteiger partial charge in [0.2, 0.25) is 0 Å². The molecule has 0 rings (SSSR count). The maximum Gasteiger partial charge on any atom is 0.361 e. The molecular weight excluding hydrogens is 935 g/mol. The van der Waals surface area contributed by atoms with Gasteiger partial charge in [-0.15, -0.1) is 0 Å². The number of quaternary nitrogens is 1. The van der Waals surface area contributed by atoms with E-state index >= 15 is 0 Å². The van der Waals surface area contributed by atoms with Gasteiger partial charge in [0, 0.05) is 12.8 Å². The highest BCUT2D eigenvalue weighted by Crippen LogP contribution is 2.17. The molecule has 9 heteroatoms. The van der Waals surface area contributed by atoms with Crippen LogP contribution in [0, 0.1) is 0 Å². The Labute approximate surface area is 462 Å². The SMILES string of the molecule is CC/C=C\C/C=C\C/C=C\C/C=C\C/C=C\C/C=C\CCCCCCCCCCCCCCCCCCCCCCC(=O)OC(COC(=O)CCCCCCCCCCCCC)COC(OCC[N+](C)(C)C)C(=O)O. The lowest BCUT2D eigenvalue weighted by atomic mass is 10.0. The Bertz CT molecular complexity index is 1460. The van der Waals surface area contributed by atoms with Crippen molar-refractivity contribution in [3.05, 3.63) is 72.9 Å². The number of hydrogen-bond acceptors (Lipinski definition) is 7. The minimum absolute atomic E-state index is 0.178. The average Bonchev–Trinajstić information content (AvgIpc) is 3.38. The molecule has 0 saturated heterocycles. The van der Waals surface area contributed by atoms with Crippen LogP contribution >= 0.6 is 0 Å². The van der Waals surface area contributed by atoms with Crippen molar-refractivity contribution >= 4 is 17.9 Å². The molecule has 75 heavy (non-hydrogen) atoms. The molecule has 9 nitrogen and oxygen atoms in total. The van der Waals surface area contributed by atoms with E-state index in [1.165, 1.54) is 167 Å². The summed E-state index contributed by atoms with van der Waals surface area (Å²) >= 11 is 0. The topological polar surface area (TPSA) is 108 Å². The second kappa shape index (κ2) is 56.9. The minimum Gasteiger partial charge on any atom is -0.477 e. The van der Waals surface area contributed by atoms with Crippen LogP contribution in [-0.4, -0.2) is 87.4 Å².